The van der Waals surface area contributed by atoms with Crippen molar-refractivity contribution in [3.8, 4) is 0 Å². The molecule has 8 nitrogen and oxygen atoms in total. The summed E-state index contributed by atoms with van der Waals surface area (Å²) in [6.07, 6.45) is 1.36. The highest BCUT2D eigenvalue weighted by Gasteiger charge is 2.15. The van der Waals surface area contributed by atoms with E-state index < -0.39 is 15.9 Å². The van der Waals surface area contributed by atoms with Gasteiger partial charge in [-0.1, -0.05) is 11.2 Å². The number of nitrogens with two attached hydrogens (primary N) is 1. The van der Waals surface area contributed by atoms with Crippen LogP contribution in [0.4, 0.5) is 5.69 Å². The zero-order chi connectivity index (χ0) is 17.5. The first-order valence-electron chi connectivity index (χ1n) is 6.92. The van der Waals surface area contributed by atoms with Crippen molar-refractivity contribution in [2.24, 2.45) is 5.14 Å². The molecule has 0 aliphatic carbocycles. The molecule has 0 bridgehead atoms. The number of hydrogen-bond acceptors (Lipinski definition) is 6. The highest BCUT2D eigenvalue weighted by atomic mass is 32.2. The summed E-state index contributed by atoms with van der Waals surface area (Å²) < 4.78 is 28.1. The second kappa shape index (κ2) is 5.69. The number of aromatic nitrogens is 2. The third-order valence-electron chi connectivity index (χ3n) is 3.52. The smallest absolute Gasteiger partial charge is 0.257 e. The molecule has 124 valence electrons. The Morgan fingerprint density at radius 2 is 2.00 bits per heavy atom. The van der Waals surface area contributed by atoms with Crippen molar-refractivity contribution in [1.29, 1.82) is 0 Å². The topological polar surface area (TPSA) is 128 Å². The number of primary sulfonamides is 1. The van der Waals surface area contributed by atoms with E-state index >= 15 is 0 Å². The molecule has 24 heavy (non-hydrogen) atoms. The molecule has 3 aromatic rings. The number of sulfonamides is 1. The van der Waals surface area contributed by atoms with Crippen LogP contribution >= 0.6 is 0 Å². The number of benzene rings is 1. The first-order chi connectivity index (χ1) is 11.3. The summed E-state index contributed by atoms with van der Waals surface area (Å²) in [7, 11) is -3.87. The van der Waals surface area contributed by atoms with Gasteiger partial charge < -0.3 is 9.84 Å². The number of hydrogen-bond donors (Lipinski definition) is 2. The molecule has 0 saturated carbocycles. The number of carbonyl (C=O) groups excluding carboxylic acids is 1. The Balaban J connectivity index is 1.92. The van der Waals surface area contributed by atoms with Crippen LogP contribution in [0.5, 0.6) is 0 Å². The molecular weight excluding hydrogens is 332 g/mol. The van der Waals surface area contributed by atoms with Crippen LogP contribution in [0.3, 0.4) is 0 Å². The van der Waals surface area contributed by atoms with E-state index in [4.69, 9.17) is 9.66 Å². The van der Waals surface area contributed by atoms with Crippen molar-refractivity contribution in [1.82, 2.24) is 10.1 Å². The van der Waals surface area contributed by atoms with Gasteiger partial charge in [-0.3, -0.25) is 4.79 Å². The monoisotopic (exact) mass is 346 g/mol. The normalized spacial score (nSPS) is 11.6. The molecule has 0 fully saturated rings. The molecule has 0 spiro atoms. The number of carbonyl (C=O) groups is 1. The van der Waals surface area contributed by atoms with Gasteiger partial charge in [-0.25, -0.2) is 18.5 Å². The molecule has 0 atom stereocenters. The summed E-state index contributed by atoms with van der Waals surface area (Å²) in [5.41, 5.74) is 2.08. The predicted molar refractivity (Wildman–Crippen MR) is 87.0 cm³/mol. The summed E-state index contributed by atoms with van der Waals surface area (Å²) in [6, 6.07) is 6.09. The zero-order valence-electron chi connectivity index (χ0n) is 12.9. The van der Waals surface area contributed by atoms with Gasteiger partial charge in [0.05, 0.1) is 21.5 Å². The molecular formula is C15H14N4O4S. The van der Waals surface area contributed by atoms with Gasteiger partial charge in [-0.05, 0) is 37.6 Å². The number of rotatable bonds is 3. The number of nitrogens with one attached hydrogen (secondary N) is 1. The van der Waals surface area contributed by atoms with Crippen molar-refractivity contribution < 1.29 is 17.7 Å². The quantitative estimate of drug-likeness (QED) is 0.743. The first kappa shape index (κ1) is 16.1. The molecule has 1 amide bonds. The summed E-state index contributed by atoms with van der Waals surface area (Å²) in [4.78, 5) is 16.3. The minimum atomic E-state index is -3.87. The average molecular weight is 346 g/mol. The molecule has 2 heterocycles. The van der Waals surface area contributed by atoms with Crippen LogP contribution in [-0.4, -0.2) is 24.5 Å². The maximum Gasteiger partial charge on any atom is 0.257 e. The van der Waals surface area contributed by atoms with Gasteiger partial charge in [0, 0.05) is 11.9 Å². The summed E-state index contributed by atoms with van der Waals surface area (Å²) in [6.45, 7) is 3.37. The van der Waals surface area contributed by atoms with Gasteiger partial charge >= 0.3 is 0 Å². The standard InChI is InChI=1S/C15H14N4O4S/c1-8-3-4-11(6-13(8)24(16,21)22)18-14(20)10-5-12-9(2)19-23-15(12)17-7-10/h3-7H,1-2H3,(H,18,20)(H2,16,21,22). The fourth-order valence-corrected chi connectivity index (χ4v) is 3.06. The van der Waals surface area contributed by atoms with Crippen LogP contribution in [0.1, 0.15) is 21.6 Å². The van der Waals surface area contributed by atoms with Gasteiger partial charge in [0.2, 0.25) is 10.0 Å². The fourth-order valence-electron chi connectivity index (χ4n) is 2.26. The lowest BCUT2D eigenvalue weighted by Gasteiger charge is -2.09. The number of amides is 1. The fraction of sp³-hybridized carbons (Fsp3) is 0.133. The van der Waals surface area contributed by atoms with Crippen molar-refractivity contribution in [3.63, 3.8) is 0 Å². The van der Waals surface area contributed by atoms with Gasteiger partial charge in [-0.2, -0.15) is 0 Å². The Hall–Kier alpha value is -2.78. The van der Waals surface area contributed by atoms with Crippen molar-refractivity contribution in [2.45, 2.75) is 18.7 Å². The Labute approximate surface area is 137 Å². The van der Waals surface area contributed by atoms with Crippen molar-refractivity contribution in [2.75, 3.05) is 5.32 Å². The van der Waals surface area contributed by atoms with Gasteiger partial charge in [0.25, 0.3) is 11.6 Å². The average Bonchev–Trinajstić information content (AvgIpc) is 2.89. The minimum absolute atomic E-state index is 0.0382. The van der Waals surface area contributed by atoms with Crippen LogP contribution in [0.15, 0.2) is 39.9 Å². The third kappa shape index (κ3) is 2.99. The Morgan fingerprint density at radius 1 is 1.25 bits per heavy atom. The SMILES string of the molecule is Cc1ccc(NC(=O)c2cnc3onc(C)c3c2)cc1S(N)(=O)=O. The molecule has 3 N–H and O–H groups in total. The highest BCUT2D eigenvalue weighted by molar-refractivity contribution is 7.89. The van der Waals surface area contributed by atoms with Crippen LogP contribution in [0.25, 0.3) is 11.1 Å². The Kier molecular flexibility index (Phi) is 3.82. The highest BCUT2D eigenvalue weighted by Crippen LogP contribution is 2.21. The van der Waals surface area contributed by atoms with E-state index in [1.807, 2.05) is 0 Å². The number of anilines is 1. The lowest BCUT2D eigenvalue weighted by Crippen LogP contribution is -2.16. The van der Waals surface area contributed by atoms with Crippen LogP contribution in [0.2, 0.25) is 0 Å². The van der Waals surface area contributed by atoms with Gasteiger partial charge in [0.1, 0.15) is 0 Å². The van der Waals surface area contributed by atoms with Crippen molar-refractivity contribution >= 4 is 32.7 Å². The lowest BCUT2D eigenvalue weighted by molar-refractivity contribution is 0.102. The van der Waals surface area contributed by atoms with E-state index in [0.29, 0.717) is 33.6 Å². The second-order valence-corrected chi connectivity index (χ2v) is 6.85. The maximum atomic E-state index is 12.4. The number of fused-ring (bicyclic) bond motifs is 1. The molecule has 2 aromatic heterocycles. The predicted octanol–water partition coefficient (Wildman–Crippen LogP) is 1.74. The van der Waals surface area contributed by atoms with Crippen LogP contribution in [0, 0.1) is 13.8 Å². The minimum Gasteiger partial charge on any atom is -0.336 e. The molecule has 0 unspecified atom stereocenters. The van der Waals surface area contributed by atoms with E-state index in [2.05, 4.69) is 15.5 Å². The van der Waals surface area contributed by atoms with Gasteiger partial charge in [0.15, 0.2) is 0 Å². The Bertz CT molecular complexity index is 1060. The lowest BCUT2D eigenvalue weighted by atomic mass is 10.2. The van der Waals surface area contributed by atoms with E-state index in [-0.39, 0.29) is 4.90 Å². The summed E-state index contributed by atoms with van der Waals surface area (Å²) in [5.74, 6) is -0.436. The van der Waals surface area contributed by atoms with E-state index in [9.17, 15) is 13.2 Å². The largest absolute Gasteiger partial charge is 0.336 e. The molecule has 3 rings (SSSR count). The first-order valence-corrected chi connectivity index (χ1v) is 8.47. The van der Waals surface area contributed by atoms with E-state index in [1.165, 1.54) is 12.3 Å². The Morgan fingerprint density at radius 3 is 2.71 bits per heavy atom. The number of nitrogens with zero attached hydrogens (tertiary/aromatic N) is 2. The summed E-state index contributed by atoms with van der Waals surface area (Å²) >= 11 is 0. The van der Waals surface area contributed by atoms with Crippen LogP contribution < -0.4 is 10.5 Å². The zero-order valence-corrected chi connectivity index (χ0v) is 13.7. The molecule has 1 aromatic carbocycles. The van der Waals surface area contributed by atoms with E-state index in [0.717, 1.165) is 0 Å². The molecule has 0 saturated heterocycles. The number of pyridine rings is 1. The van der Waals surface area contributed by atoms with Crippen LogP contribution in [-0.2, 0) is 10.0 Å². The van der Waals surface area contributed by atoms with E-state index in [1.54, 1.807) is 32.0 Å². The molecule has 9 heteroatoms. The second-order valence-electron chi connectivity index (χ2n) is 5.32. The summed E-state index contributed by atoms with van der Waals surface area (Å²) in [5, 5.41) is 12.2. The number of aryl methyl sites for hydroxylation is 2. The molecule has 0 radical (unpaired) electrons. The maximum absolute atomic E-state index is 12.4. The van der Waals surface area contributed by atoms with Gasteiger partial charge in [-0.15, -0.1) is 0 Å². The van der Waals surface area contributed by atoms with Crippen molar-refractivity contribution in [3.05, 3.63) is 47.3 Å². The third-order valence-corrected chi connectivity index (χ3v) is 4.58. The molecule has 0 aliphatic heterocycles. The molecule has 0 aliphatic rings.